The Bertz CT molecular complexity index is 553. The molecular formula is C10H2F12. The van der Waals surface area contributed by atoms with Crippen LogP contribution in [0.15, 0.2) is 11.7 Å². The number of halogens is 12. The van der Waals surface area contributed by atoms with Crippen LogP contribution >= 0.6 is 0 Å². The average molecular weight is 350 g/mol. The molecule has 0 saturated heterocycles. The lowest BCUT2D eigenvalue weighted by atomic mass is 9.43. The van der Waals surface area contributed by atoms with E-state index in [9.17, 15) is 52.7 Å². The van der Waals surface area contributed by atoms with E-state index in [-0.39, 0.29) is 0 Å². The molecule has 4 unspecified atom stereocenters. The van der Waals surface area contributed by atoms with Crippen LogP contribution in [0.5, 0.6) is 0 Å². The molecule has 0 N–H and O–H groups in total. The number of fused-ring (bicyclic) bond motifs is 1. The normalized spacial score (nSPS) is 49.6. The fraction of sp³-hybridized carbons (Fsp3) is 0.800. The van der Waals surface area contributed by atoms with Gasteiger partial charge in [0, 0.05) is 0 Å². The van der Waals surface area contributed by atoms with E-state index in [1.165, 1.54) is 0 Å². The minimum absolute atomic E-state index is 3.55. The van der Waals surface area contributed by atoms with Crippen LogP contribution in [0.3, 0.4) is 0 Å². The second-order valence-corrected chi connectivity index (χ2v) is 5.40. The Labute approximate surface area is 112 Å². The molecule has 12 heteroatoms. The molecule has 4 rings (SSSR count). The van der Waals surface area contributed by atoms with Crippen LogP contribution in [0.25, 0.3) is 0 Å². The molecule has 2 fully saturated rings. The van der Waals surface area contributed by atoms with Gasteiger partial charge in [-0.25, -0.2) is 17.6 Å². The second-order valence-electron chi connectivity index (χ2n) is 5.40. The van der Waals surface area contributed by atoms with Crippen LogP contribution in [0.4, 0.5) is 52.7 Å². The zero-order valence-corrected chi connectivity index (χ0v) is 9.69. The van der Waals surface area contributed by atoms with Crippen molar-refractivity contribution in [3.8, 4) is 0 Å². The molecule has 0 aromatic rings. The summed E-state index contributed by atoms with van der Waals surface area (Å²) in [5.74, 6) is -40.0. The van der Waals surface area contributed by atoms with Crippen molar-refractivity contribution in [3.05, 3.63) is 11.7 Å². The van der Waals surface area contributed by atoms with E-state index in [0.29, 0.717) is 0 Å². The van der Waals surface area contributed by atoms with E-state index in [2.05, 4.69) is 0 Å². The van der Waals surface area contributed by atoms with E-state index in [1.807, 2.05) is 0 Å². The SMILES string of the molecule is FC1=C(F)C2(F)C3C(C(F)(F)C3(F)F)C1(F)C(F)(F)C2(F)F. The Morgan fingerprint density at radius 2 is 0.727 bits per heavy atom. The van der Waals surface area contributed by atoms with Crippen LogP contribution in [-0.2, 0) is 0 Å². The van der Waals surface area contributed by atoms with Gasteiger partial charge in [-0.15, -0.1) is 0 Å². The molecule has 4 aliphatic rings. The lowest BCUT2D eigenvalue weighted by Gasteiger charge is -2.67. The van der Waals surface area contributed by atoms with Crippen molar-refractivity contribution in [2.24, 2.45) is 11.8 Å². The molecule has 2 bridgehead atoms. The van der Waals surface area contributed by atoms with Crippen LogP contribution < -0.4 is 0 Å². The number of alkyl halides is 10. The highest BCUT2D eigenvalue weighted by molar-refractivity contribution is 5.49. The summed E-state index contributed by atoms with van der Waals surface area (Å²) in [4.78, 5) is 0. The van der Waals surface area contributed by atoms with Crippen molar-refractivity contribution < 1.29 is 52.7 Å². The van der Waals surface area contributed by atoms with Gasteiger partial charge in [0.25, 0.3) is 0 Å². The third kappa shape index (κ3) is 0.973. The molecule has 0 aromatic carbocycles. The molecule has 0 aliphatic heterocycles. The van der Waals surface area contributed by atoms with E-state index in [1.54, 1.807) is 0 Å². The third-order valence-electron chi connectivity index (χ3n) is 4.56. The van der Waals surface area contributed by atoms with Crippen molar-refractivity contribution in [2.75, 3.05) is 0 Å². The van der Waals surface area contributed by atoms with Gasteiger partial charge in [0.05, 0.1) is 11.8 Å². The fourth-order valence-corrected chi connectivity index (χ4v) is 3.41. The molecular weight excluding hydrogens is 348 g/mol. The highest BCUT2D eigenvalue weighted by Gasteiger charge is 3.04. The largest absolute Gasteiger partial charge is 0.354 e. The molecule has 0 amide bonds. The summed E-state index contributed by atoms with van der Waals surface area (Å²) >= 11 is 0. The lowest BCUT2D eigenvalue weighted by molar-refractivity contribution is -0.479. The summed E-state index contributed by atoms with van der Waals surface area (Å²) in [6.07, 6.45) is 0. The summed E-state index contributed by atoms with van der Waals surface area (Å²) in [5.41, 5.74) is -11.6. The summed E-state index contributed by atoms with van der Waals surface area (Å²) in [6, 6.07) is 0. The van der Waals surface area contributed by atoms with Crippen LogP contribution in [-0.4, -0.2) is 35.0 Å². The smallest absolute Gasteiger partial charge is 0.228 e. The highest BCUT2D eigenvalue weighted by atomic mass is 19.3. The zero-order valence-electron chi connectivity index (χ0n) is 9.69. The Morgan fingerprint density at radius 3 is 0.955 bits per heavy atom. The topological polar surface area (TPSA) is 0 Å². The van der Waals surface area contributed by atoms with Gasteiger partial charge in [0.2, 0.25) is 11.3 Å². The second kappa shape index (κ2) is 3.23. The monoisotopic (exact) mass is 350 g/mol. The van der Waals surface area contributed by atoms with Crippen molar-refractivity contribution in [3.63, 3.8) is 0 Å². The first kappa shape index (κ1) is 15.8. The van der Waals surface area contributed by atoms with Gasteiger partial charge in [0.1, 0.15) is 0 Å². The fourth-order valence-electron chi connectivity index (χ4n) is 3.41. The molecule has 2 saturated carbocycles. The van der Waals surface area contributed by atoms with Gasteiger partial charge >= 0.3 is 23.7 Å². The van der Waals surface area contributed by atoms with Crippen molar-refractivity contribution in [2.45, 2.75) is 35.0 Å². The zero-order chi connectivity index (χ0) is 17.3. The van der Waals surface area contributed by atoms with Crippen LogP contribution in [0.2, 0.25) is 0 Å². The predicted molar refractivity (Wildman–Crippen MR) is 43.7 cm³/mol. The van der Waals surface area contributed by atoms with Gasteiger partial charge in [-0.1, -0.05) is 0 Å². The van der Waals surface area contributed by atoms with E-state index in [4.69, 9.17) is 0 Å². The Kier molecular flexibility index (Phi) is 2.32. The first-order chi connectivity index (χ1) is 9.55. The first-order valence-electron chi connectivity index (χ1n) is 5.51. The maximum absolute atomic E-state index is 14.1. The number of rotatable bonds is 0. The molecule has 0 radical (unpaired) electrons. The maximum Gasteiger partial charge on any atom is 0.354 e. The van der Waals surface area contributed by atoms with Crippen LogP contribution in [0.1, 0.15) is 0 Å². The van der Waals surface area contributed by atoms with E-state index in [0.717, 1.165) is 0 Å². The minimum Gasteiger partial charge on any atom is -0.228 e. The Balaban J connectivity index is 2.43. The van der Waals surface area contributed by atoms with Crippen molar-refractivity contribution >= 4 is 0 Å². The summed E-state index contributed by atoms with van der Waals surface area (Å²) in [6.45, 7) is 0. The van der Waals surface area contributed by atoms with Gasteiger partial charge in [-0.2, -0.15) is 35.1 Å². The van der Waals surface area contributed by atoms with Crippen LogP contribution in [0, 0.1) is 11.8 Å². The van der Waals surface area contributed by atoms with Gasteiger partial charge in [-0.05, 0) is 0 Å². The number of hydrogen-bond acceptors (Lipinski definition) is 0. The van der Waals surface area contributed by atoms with E-state index < -0.39 is 58.5 Å². The lowest BCUT2D eigenvalue weighted by Crippen LogP contribution is -2.90. The van der Waals surface area contributed by atoms with Gasteiger partial charge in [-0.3, -0.25) is 0 Å². The minimum atomic E-state index is -6.49. The Hall–Kier alpha value is -1.10. The average Bonchev–Trinajstić information content (AvgIpc) is 2.37. The molecule has 0 aromatic heterocycles. The van der Waals surface area contributed by atoms with E-state index >= 15 is 0 Å². The quantitative estimate of drug-likeness (QED) is 0.570. The summed E-state index contributed by atoms with van der Waals surface area (Å²) in [5, 5.41) is 0. The molecule has 0 spiro atoms. The molecule has 4 atom stereocenters. The molecule has 0 heterocycles. The maximum atomic E-state index is 14.1. The van der Waals surface area contributed by atoms with Crippen molar-refractivity contribution in [1.29, 1.82) is 0 Å². The Morgan fingerprint density at radius 1 is 0.500 bits per heavy atom. The molecule has 126 valence electrons. The predicted octanol–water partition coefficient (Wildman–Crippen LogP) is 4.37. The van der Waals surface area contributed by atoms with Gasteiger partial charge < -0.3 is 0 Å². The van der Waals surface area contributed by atoms with Crippen molar-refractivity contribution in [1.82, 2.24) is 0 Å². The molecule has 0 nitrogen and oxygen atoms in total. The third-order valence-corrected chi connectivity index (χ3v) is 4.56. The highest BCUT2D eigenvalue weighted by Crippen LogP contribution is 2.81. The first-order valence-corrected chi connectivity index (χ1v) is 5.51. The standard InChI is InChI=1S/C10H2F12/c11-3-4(12)6(14)2-1(7(15,16)8(2,17)18)5(3,13)9(19,20)10(6,21)22/h1-2H. The molecule has 4 aliphatic carbocycles. The molecule has 22 heavy (non-hydrogen) atoms. The number of allylic oxidation sites excluding steroid dienone is 2. The van der Waals surface area contributed by atoms with Gasteiger partial charge in [0.15, 0.2) is 11.7 Å². The number of hydrogen-bond donors (Lipinski definition) is 0. The summed E-state index contributed by atoms with van der Waals surface area (Å²) in [7, 11) is 0. The summed E-state index contributed by atoms with van der Waals surface area (Å²) < 4.78 is 161.